The molecule has 0 unspecified atom stereocenters. The summed E-state index contributed by atoms with van der Waals surface area (Å²) < 4.78 is 15.8. The Balaban J connectivity index is 2.37. The number of esters is 1. The van der Waals surface area contributed by atoms with Gasteiger partial charge in [0.05, 0.1) is 24.1 Å². The molecule has 90 valence electrons. The van der Waals surface area contributed by atoms with Crippen LogP contribution in [0.25, 0.3) is 11.5 Å². The van der Waals surface area contributed by atoms with Crippen LogP contribution in [-0.2, 0) is 4.74 Å². The minimum atomic E-state index is -0.511. The highest BCUT2D eigenvalue weighted by Crippen LogP contribution is 2.30. The Morgan fingerprint density at radius 2 is 2.35 bits per heavy atom. The van der Waals surface area contributed by atoms with Gasteiger partial charge in [0.15, 0.2) is 4.67 Å². The molecule has 0 atom stereocenters. The number of ether oxygens (including phenoxy) is 1. The maximum absolute atomic E-state index is 11.5. The first-order chi connectivity index (χ1) is 8.13. The Hall–Kier alpha value is -1.56. The first kappa shape index (κ1) is 11.9. The molecule has 6 heteroatoms. The molecular formula is C11H10BrNO4. The fourth-order valence-corrected chi connectivity index (χ4v) is 1.75. The first-order valence-corrected chi connectivity index (χ1v) is 5.80. The Bertz CT molecular complexity index is 543. The molecule has 0 N–H and O–H groups in total. The van der Waals surface area contributed by atoms with Crippen molar-refractivity contribution in [3.8, 4) is 11.5 Å². The Morgan fingerprint density at radius 3 is 2.94 bits per heavy atom. The molecule has 0 aliphatic carbocycles. The van der Waals surface area contributed by atoms with E-state index in [1.54, 1.807) is 19.9 Å². The van der Waals surface area contributed by atoms with E-state index in [2.05, 4.69) is 20.9 Å². The number of hydrogen-bond acceptors (Lipinski definition) is 5. The largest absolute Gasteiger partial charge is 0.460 e. The SMILES string of the molecule is CCOC(=O)c1oc(-c2ccoc2Br)nc1C. The minimum absolute atomic E-state index is 0.120. The predicted molar refractivity (Wildman–Crippen MR) is 62.6 cm³/mol. The average Bonchev–Trinajstić information content (AvgIpc) is 2.84. The molecule has 0 spiro atoms. The smallest absolute Gasteiger partial charge is 0.376 e. The Morgan fingerprint density at radius 1 is 1.59 bits per heavy atom. The molecule has 0 radical (unpaired) electrons. The summed E-state index contributed by atoms with van der Waals surface area (Å²) in [7, 11) is 0. The summed E-state index contributed by atoms with van der Waals surface area (Å²) in [6, 6.07) is 1.70. The Kier molecular flexibility index (Phi) is 3.33. The third-order valence-electron chi connectivity index (χ3n) is 2.11. The van der Waals surface area contributed by atoms with Gasteiger partial charge in [0.1, 0.15) is 0 Å². The number of carbonyl (C=O) groups excluding carboxylic acids is 1. The molecule has 2 heterocycles. The number of hydrogen-bond donors (Lipinski definition) is 0. The zero-order valence-corrected chi connectivity index (χ0v) is 10.9. The van der Waals surface area contributed by atoms with E-state index in [4.69, 9.17) is 13.6 Å². The maximum Gasteiger partial charge on any atom is 0.376 e. The van der Waals surface area contributed by atoms with Crippen LogP contribution in [0, 0.1) is 6.92 Å². The zero-order chi connectivity index (χ0) is 12.4. The van der Waals surface area contributed by atoms with Gasteiger partial charge in [-0.05, 0) is 35.8 Å². The van der Waals surface area contributed by atoms with Crippen molar-refractivity contribution in [1.82, 2.24) is 4.98 Å². The van der Waals surface area contributed by atoms with E-state index in [1.165, 1.54) is 6.26 Å². The van der Waals surface area contributed by atoms with Crippen molar-refractivity contribution in [3.05, 3.63) is 28.5 Å². The van der Waals surface area contributed by atoms with Crippen molar-refractivity contribution in [2.45, 2.75) is 13.8 Å². The van der Waals surface area contributed by atoms with Crippen molar-refractivity contribution in [2.75, 3.05) is 6.61 Å². The third-order valence-corrected chi connectivity index (χ3v) is 2.72. The van der Waals surface area contributed by atoms with Crippen LogP contribution in [-0.4, -0.2) is 17.6 Å². The summed E-state index contributed by atoms with van der Waals surface area (Å²) in [6.45, 7) is 3.72. The molecule has 0 amide bonds. The van der Waals surface area contributed by atoms with Gasteiger partial charge in [0.2, 0.25) is 11.7 Å². The predicted octanol–water partition coefficient (Wildman–Crippen LogP) is 3.18. The molecule has 0 aliphatic heterocycles. The molecule has 2 rings (SSSR count). The zero-order valence-electron chi connectivity index (χ0n) is 9.32. The molecule has 0 saturated carbocycles. The van der Waals surface area contributed by atoms with Crippen molar-refractivity contribution in [2.24, 2.45) is 0 Å². The van der Waals surface area contributed by atoms with E-state index >= 15 is 0 Å². The van der Waals surface area contributed by atoms with Crippen molar-refractivity contribution in [3.63, 3.8) is 0 Å². The van der Waals surface area contributed by atoms with Crippen molar-refractivity contribution >= 4 is 21.9 Å². The summed E-state index contributed by atoms with van der Waals surface area (Å²) in [5.41, 5.74) is 1.15. The second-order valence-electron chi connectivity index (χ2n) is 3.26. The van der Waals surface area contributed by atoms with Crippen LogP contribution in [0.3, 0.4) is 0 Å². The lowest BCUT2D eigenvalue weighted by Crippen LogP contribution is -2.04. The van der Waals surface area contributed by atoms with E-state index in [0.717, 1.165) is 0 Å². The van der Waals surface area contributed by atoms with Gasteiger partial charge < -0.3 is 13.6 Å². The van der Waals surface area contributed by atoms with E-state index < -0.39 is 5.97 Å². The summed E-state index contributed by atoms with van der Waals surface area (Å²) in [4.78, 5) is 15.7. The van der Waals surface area contributed by atoms with E-state index in [-0.39, 0.29) is 5.76 Å². The highest BCUT2D eigenvalue weighted by atomic mass is 79.9. The quantitative estimate of drug-likeness (QED) is 0.814. The number of rotatable bonds is 3. The molecule has 0 aromatic carbocycles. The molecule has 0 saturated heterocycles. The fraction of sp³-hybridized carbons (Fsp3) is 0.273. The number of carbonyl (C=O) groups is 1. The van der Waals surface area contributed by atoms with Crippen LogP contribution in [0.1, 0.15) is 23.2 Å². The van der Waals surface area contributed by atoms with Crippen molar-refractivity contribution in [1.29, 1.82) is 0 Å². The van der Waals surface area contributed by atoms with Crippen LogP contribution in [0.2, 0.25) is 0 Å². The summed E-state index contributed by atoms with van der Waals surface area (Å²) in [6.07, 6.45) is 1.50. The van der Waals surface area contributed by atoms with Gasteiger partial charge in [0, 0.05) is 0 Å². The monoisotopic (exact) mass is 299 g/mol. The van der Waals surface area contributed by atoms with Gasteiger partial charge >= 0.3 is 5.97 Å². The molecule has 5 nitrogen and oxygen atoms in total. The van der Waals surface area contributed by atoms with Gasteiger partial charge in [-0.1, -0.05) is 0 Å². The summed E-state index contributed by atoms with van der Waals surface area (Å²) in [5, 5.41) is 0. The molecule has 0 bridgehead atoms. The number of halogens is 1. The summed E-state index contributed by atoms with van der Waals surface area (Å²) in [5.74, 6) is -0.0653. The number of furan rings is 1. The van der Waals surface area contributed by atoms with E-state index in [1.807, 2.05) is 0 Å². The van der Waals surface area contributed by atoms with Crippen LogP contribution in [0.15, 0.2) is 25.8 Å². The number of nitrogens with zero attached hydrogens (tertiary/aromatic N) is 1. The van der Waals surface area contributed by atoms with Crippen molar-refractivity contribution < 1.29 is 18.4 Å². The lowest BCUT2D eigenvalue weighted by atomic mass is 10.3. The van der Waals surface area contributed by atoms with Gasteiger partial charge in [-0.2, -0.15) is 0 Å². The van der Waals surface area contributed by atoms with Crippen LogP contribution < -0.4 is 0 Å². The molecule has 0 fully saturated rings. The molecular weight excluding hydrogens is 290 g/mol. The third kappa shape index (κ3) is 2.26. The molecule has 17 heavy (non-hydrogen) atoms. The molecule has 2 aromatic heterocycles. The second kappa shape index (κ2) is 4.75. The average molecular weight is 300 g/mol. The molecule has 2 aromatic rings. The highest BCUT2D eigenvalue weighted by molar-refractivity contribution is 9.10. The lowest BCUT2D eigenvalue weighted by Gasteiger charge is -1.97. The molecule has 0 aliphatic rings. The van der Waals surface area contributed by atoms with Gasteiger partial charge in [0.25, 0.3) is 0 Å². The fourth-order valence-electron chi connectivity index (χ4n) is 1.34. The highest BCUT2D eigenvalue weighted by Gasteiger charge is 2.21. The maximum atomic E-state index is 11.5. The number of oxazole rings is 1. The van der Waals surface area contributed by atoms with Gasteiger partial charge in [-0.3, -0.25) is 0 Å². The lowest BCUT2D eigenvalue weighted by molar-refractivity contribution is 0.0490. The normalized spacial score (nSPS) is 10.5. The first-order valence-electron chi connectivity index (χ1n) is 5.01. The minimum Gasteiger partial charge on any atom is -0.460 e. The van der Waals surface area contributed by atoms with Gasteiger partial charge in [-0.15, -0.1) is 0 Å². The number of aryl methyl sites for hydroxylation is 1. The van der Waals surface area contributed by atoms with Gasteiger partial charge in [-0.25, -0.2) is 9.78 Å². The van der Waals surface area contributed by atoms with E-state index in [0.29, 0.717) is 28.4 Å². The van der Waals surface area contributed by atoms with E-state index in [9.17, 15) is 4.79 Å². The number of aromatic nitrogens is 1. The van der Waals surface area contributed by atoms with Crippen LogP contribution in [0.5, 0.6) is 0 Å². The Labute approximate surface area is 106 Å². The second-order valence-corrected chi connectivity index (χ2v) is 3.98. The van der Waals surface area contributed by atoms with Crippen LogP contribution >= 0.6 is 15.9 Å². The van der Waals surface area contributed by atoms with Crippen LogP contribution in [0.4, 0.5) is 0 Å². The summed E-state index contributed by atoms with van der Waals surface area (Å²) >= 11 is 3.22. The topological polar surface area (TPSA) is 65.5 Å². The standard InChI is InChI=1S/C11H10BrNO4/c1-3-15-11(14)8-6(2)13-10(17-8)7-4-5-16-9(7)12/h4-5H,3H2,1-2H3.